The van der Waals surface area contributed by atoms with Crippen molar-refractivity contribution < 1.29 is 64.2 Å². The van der Waals surface area contributed by atoms with Gasteiger partial charge < -0.3 is 59.4 Å². The van der Waals surface area contributed by atoms with Gasteiger partial charge in [0.05, 0.1) is 31.0 Å². The Morgan fingerprint density at radius 2 is 1.80 bits per heavy atom. The Morgan fingerprint density at radius 1 is 1.03 bits per heavy atom. The lowest BCUT2D eigenvalue weighted by atomic mass is 9.85. The number of benzene rings is 1. The van der Waals surface area contributed by atoms with Crippen molar-refractivity contribution in [3.8, 4) is 11.5 Å². The summed E-state index contributed by atoms with van der Waals surface area (Å²) < 4.78 is 28.1. The number of carbonyl (C=O) groups is 1. The average Bonchev–Trinajstić information content (AvgIpc) is 3.53. The second-order valence-corrected chi connectivity index (χ2v) is 8.99. The van der Waals surface area contributed by atoms with Gasteiger partial charge in [0, 0.05) is 5.92 Å². The molecule has 0 spiro atoms. The first kappa shape index (κ1) is 24.2. The van der Waals surface area contributed by atoms with Gasteiger partial charge in [0.15, 0.2) is 17.8 Å². The number of aromatic hydroxyl groups is 2. The number of rotatable bonds is 6. The zero-order valence-corrected chi connectivity index (χ0v) is 18.2. The smallest absolute Gasteiger partial charge is 0.338 e. The molecule has 0 bridgehead atoms. The highest BCUT2D eigenvalue weighted by Gasteiger charge is 2.77. The number of aliphatic hydroxyl groups excluding tert-OH is 5. The summed E-state index contributed by atoms with van der Waals surface area (Å²) in [6.45, 7) is -1.10. The molecule has 3 aliphatic heterocycles. The Kier molecular flexibility index (Phi) is 6.14. The van der Waals surface area contributed by atoms with Gasteiger partial charge >= 0.3 is 5.97 Å². The van der Waals surface area contributed by atoms with Crippen LogP contribution in [0.2, 0.25) is 0 Å². The SMILES string of the molecule is O=C(OC1C2C=COC(OC3OC(CO)C(O)C(O)C3O)C2C2(CO)OC12)c1ccc(O)c(O)c1. The third kappa shape index (κ3) is 3.84. The van der Waals surface area contributed by atoms with E-state index < -0.39 is 97.3 Å². The van der Waals surface area contributed by atoms with Crippen LogP contribution in [0.4, 0.5) is 0 Å². The van der Waals surface area contributed by atoms with E-state index in [9.17, 15) is 40.5 Å². The van der Waals surface area contributed by atoms with Gasteiger partial charge in [0.25, 0.3) is 0 Å². The highest BCUT2D eigenvalue weighted by atomic mass is 16.8. The maximum atomic E-state index is 12.7. The molecular weight excluding hydrogens is 472 g/mol. The third-order valence-electron chi connectivity index (χ3n) is 7.05. The average molecular weight is 498 g/mol. The summed E-state index contributed by atoms with van der Waals surface area (Å²) in [5, 5.41) is 69.0. The molecule has 11 atom stereocenters. The van der Waals surface area contributed by atoms with E-state index in [1.165, 1.54) is 12.3 Å². The molecule has 3 fully saturated rings. The zero-order chi connectivity index (χ0) is 25.1. The van der Waals surface area contributed by atoms with Gasteiger partial charge in [0.2, 0.25) is 6.29 Å². The topological polar surface area (TPSA) is 208 Å². The molecule has 7 N–H and O–H groups in total. The molecular formula is C22H26O13. The normalized spacial score (nSPS) is 43.7. The summed E-state index contributed by atoms with van der Waals surface area (Å²) in [6, 6.07) is 3.48. The van der Waals surface area contributed by atoms with E-state index in [4.69, 9.17) is 23.7 Å². The first-order valence-corrected chi connectivity index (χ1v) is 11.0. The van der Waals surface area contributed by atoms with Gasteiger partial charge in [-0.15, -0.1) is 0 Å². The molecule has 0 amide bonds. The van der Waals surface area contributed by atoms with E-state index in [1.807, 2.05) is 0 Å². The van der Waals surface area contributed by atoms with Gasteiger partial charge in [-0.25, -0.2) is 4.79 Å². The molecule has 13 nitrogen and oxygen atoms in total. The Hall–Kier alpha value is -2.49. The fraction of sp³-hybridized carbons (Fsp3) is 0.591. The van der Waals surface area contributed by atoms with Crippen molar-refractivity contribution in [2.24, 2.45) is 11.8 Å². The fourth-order valence-corrected chi connectivity index (χ4v) is 5.13. The Bertz CT molecular complexity index is 998. The molecule has 13 heteroatoms. The minimum Gasteiger partial charge on any atom is -0.504 e. The summed E-state index contributed by atoms with van der Waals surface area (Å²) in [4.78, 5) is 12.7. The van der Waals surface area contributed by atoms with E-state index >= 15 is 0 Å². The largest absolute Gasteiger partial charge is 0.504 e. The van der Waals surface area contributed by atoms with Crippen LogP contribution in [0.25, 0.3) is 0 Å². The number of aliphatic hydroxyl groups is 5. The summed E-state index contributed by atoms with van der Waals surface area (Å²) >= 11 is 0. The van der Waals surface area contributed by atoms with Crippen LogP contribution in [0.5, 0.6) is 11.5 Å². The molecule has 0 aromatic heterocycles. The van der Waals surface area contributed by atoms with Crippen LogP contribution in [0, 0.1) is 11.8 Å². The lowest BCUT2D eigenvalue weighted by Crippen LogP contribution is -2.60. The molecule has 1 saturated carbocycles. The number of hydrogen-bond donors (Lipinski definition) is 7. The van der Waals surface area contributed by atoms with Crippen LogP contribution in [0.15, 0.2) is 30.5 Å². The van der Waals surface area contributed by atoms with Gasteiger partial charge in [-0.2, -0.15) is 0 Å². The highest BCUT2D eigenvalue weighted by molar-refractivity contribution is 5.90. The number of carbonyl (C=O) groups excluding carboxylic acids is 1. The van der Waals surface area contributed by atoms with Gasteiger partial charge in [-0.05, 0) is 24.3 Å². The molecule has 11 unspecified atom stereocenters. The number of esters is 1. The minimum absolute atomic E-state index is 0.0100. The van der Waals surface area contributed by atoms with Crippen molar-refractivity contribution in [2.45, 2.75) is 54.8 Å². The number of hydrogen-bond acceptors (Lipinski definition) is 13. The molecule has 1 aromatic rings. The summed E-state index contributed by atoms with van der Waals surface area (Å²) in [6.07, 6.45) is -7.39. The maximum Gasteiger partial charge on any atom is 0.338 e. The molecule has 35 heavy (non-hydrogen) atoms. The Labute approximate surface area is 198 Å². The first-order valence-electron chi connectivity index (χ1n) is 11.0. The molecule has 1 aliphatic carbocycles. The number of fused-ring (bicyclic) bond motifs is 3. The fourth-order valence-electron chi connectivity index (χ4n) is 5.13. The third-order valence-corrected chi connectivity index (χ3v) is 7.05. The predicted molar refractivity (Wildman–Crippen MR) is 110 cm³/mol. The van der Waals surface area contributed by atoms with Crippen molar-refractivity contribution in [3.05, 3.63) is 36.1 Å². The van der Waals surface area contributed by atoms with Crippen molar-refractivity contribution in [1.82, 2.24) is 0 Å². The standard InChI is InChI=1S/C22H26O13/c23-6-12-14(27)15(28)16(29)21(32-12)34-20-13-9(3-4-31-20)17(18-22(13,7-24)35-18)33-19(30)8-1-2-10(25)11(26)5-8/h1-5,9,12-18,20-21,23-29H,6-7H2. The van der Waals surface area contributed by atoms with E-state index in [0.717, 1.165) is 12.1 Å². The van der Waals surface area contributed by atoms with Gasteiger partial charge in [-0.1, -0.05) is 0 Å². The molecule has 0 radical (unpaired) electrons. The highest BCUT2D eigenvalue weighted by Crippen LogP contribution is 2.60. The van der Waals surface area contributed by atoms with Crippen LogP contribution in [0.3, 0.4) is 0 Å². The number of epoxide rings is 1. The molecule has 5 rings (SSSR count). The van der Waals surface area contributed by atoms with Crippen molar-refractivity contribution in [3.63, 3.8) is 0 Å². The number of phenolic OH excluding ortho intramolecular Hbond substituents is 2. The summed E-state index contributed by atoms with van der Waals surface area (Å²) in [5.41, 5.74) is -1.19. The molecule has 3 heterocycles. The lowest BCUT2D eigenvalue weighted by Gasteiger charge is -2.43. The van der Waals surface area contributed by atoms with Crippen LogP contribution in [0.1, 0.15) is 10.4 Å². The van der Waals surface area contributed by atoms with E-state index in [1.54, 1.807) is 6.08 Å². The Morgan fingerprint density at radius 3 is 2.49 bits per heavy atom. The second-order valence-electron chi connectivity index (χ2n) is 8.99. The maximum absolute atomic E-state index is 12.7. The van der Waals surface area contributed by atoms with Crippen LogP contribution in [-0.4, -0.2) is 110 Å². The minimum atomic E-state index is -1.67. The molecule has 1 aromatic carbocycles. The van der Waals surface area contributed by atoms with Crippen LogP contribution in [-0.2, 0) is 23.7 Å². The van der Waals surface area contributed by atoms with Crippen molar-refractivity contribution >= 4 is 5.97 Å². The van der Waals surface area contributed by atoms with Crippen LogP contribution < -0.4 is 0 Å². The number of ether oxygens (including phenoxy) is 5. The molecule has 2 saturated heterocycles. The van der Waals surface area contributed by atoms with Crippen LogP contribution >= 0.6 is 0 Å². The summed E-state index contributed by atoms with van der Waals surface area (Å²) in [5.74, 6) is -2.94. The summed E-state index contributed by atoms with van der Waals surface area (Å²) in [7, 11) is 0. The van der Waals surface area contributed by atoms with E-state index in [0.29, 0.717) is 0 Å². The van der Waals surface area contributed by atoms with Gasteiger partial charge in [-0.3, -0.25) is 0 Å². The Balaban J connectivity index is 1.35. The predicted octanol–water partition coefficient (Wildman–Crippen LogP) is -2.31. The van der Waals surface area contributed by atoms with E-state index in [-0.39, 0.29) is 5.56 Å². The van der Waals surface area contributed by atoms with Crippen molar-refractivity contribution in [2.75, 3.05) is 13.2 Å². The zero-order valence-electron chi connectivity index (χ0n) is 18.2. The van der Waals surface area contributed by atoms with Crippen molar-refractivity contribution in [1.29, 1.82) is 0 Å². The second kappa shape index (κ2) is 8.87. The quantitative estimate of drug-likeness (QED) is 0.125. The van der Waals surface area contributed by atoms with E-state index in [2.05, 4.69) is 0 Å². The first-order chi connectivity index (χ1) is 16.7. The monoisotopic (exact) mass is 498 g/mol. The molecule has 192 valence electrons. The number of phenols is 2. The molecule has 4 aliphatic rings. The lowest BCUT2D eigenvalue weighted by molar-refractivity contribution is -0.344. The van der Waals surface area contributed by atoms with Gasteiger partial charge in [0.1, 0.15) is 42.2 Å².